The molecule has 0 aliphatic heterocycles. The molecule has 1 aromatic rings. The van der Waals surface area contributed by atoms with E-state index < -0.39 is 5.41 Å². The summed E-state index contributed by atoms with van der Waals surface area (Å²) in [6.45, 7) is 7.97. The molecule has 0 spiro atoms. The maximum absolute atomic E-state index is 13.0. The van der Waals surface area contributed by atoms with Gasteiger partial charge in [0.05, 0.1) is 12.0 Å². The van der Waals surface area contributed by atoms with Gasteiger partial charge in [-0.2, -0.15) is 0 Å². The Balaban J connectivity index is 2.28. The van der Waals surface area contributed by atoms with Gasteiger partial charge in [-0.3, -0.25) is 9.59 Å². The Morgan fingerprint density at radius 1 is 1.35 bits per heavy atom. The van der Waals surface area contributed by atoms with Crippen LogP contribution in [0.3, 0.4) is 0 Å². The summed E-state index contributed by atoms with van der Waals surface area (Å²) in [6, 6.07) is 1.68. The van der Waals surface area contributed by atoms with E-state index in [0.717, 1.165) is 17.5 Å². The van der Waals surface area contributed by atoms with E-state index in [9.17, 15) is 14.7 Å². The third kappa shape index (κ3) is 2.92. The number of phenols is 1. The second kappa shape index (κ2) is 6.56. The monoisotopic (exact) mass is 378 g/mol. The summed E-state index contributed by atoms with van der Waals surface area (Å²) in [6.07, 6.45) is 2.42. The molecule has 0 aromatic heterocycles. The van der Waals surface area contributed by atoms with Gasteiger partial charge in [-0.15, -0.1) is 11.6 Å². The lowest BCUT2D eigenvalue weighted by Gasteiger charge is -2.41. The highest BCUT2D eigenvalue weighted by molar-refractivity contribution is 6.18. The molecule has 0 fully saturated rings. The molecule has 2 aliphatic carbocycles. The number of fused-ring (bicyclic) bond motifs is 3. The van der Waals surface area contributed by atoms with Crippen molar-refractivity contribution in [1.82, 2.24) is 0 Å². The largest absolute Gasteiger partial charge is 0.508 e. The van der Waals surface area contributed by atoms with E-state index in [-0.39, 0.29) is 35.4 Å². The Morgan fingerprint density at radius 2 is 2.04 bits per heavy atom. The number of ether oxygens (including phenoxy) is 1. The van der Waals surface area contributed by atoms with Crippen LogP contribution < -0.4 is 0 Å². The Kier molecular flexibility index (Phi) is 4.85. The van der Waals surface area contributed by atoms with Crippen LogP contribution in [0.15, 0.2) is 6.07 Å². The van der Waals surface area contributed by atoms with Gasteiger partial charge in [0.25, 0.3) is 0 Å². The molecule has 4 nitrogen and oxygen atoms in total. The molecule has 3 rings (SSSR count). The van der Waals surface area contributed by atoms with Crippen LogP contribution in [0.1, 0.15) is 79.9 Å². The van der Waals surface area contributed by atoms with E-state index >= 15 is 0 Å². The van der Waals surface area contributed by atoms with Crippen LogP contribution in [0, 0.1) is 5.41 Å². The fourth-order valence-electron chi connectivity index (χ4n) is 4.68. The van der Waals surface area contributed by atoms with Gasteiger partial charge in [-0.25, -0.2) is 0 Å². The van der Waals surface area contributed by atoms with E-state index in [1.165, 1.54) is 0 Å². The Labute approximate surface area is 159 Å². The number of aromatic hydroxyl groups is 1. The molecular formula is C21H27ClO4. The highest BCUT2D eigenvalue weighted by Gasteiger charge is 2.48. The smallest absolute Gasteiger partial charge is 0.316 e. The minimum Gasteiger partial charge on any atom is -0.508 e. The zero-order valence-corrected chi connectivity index (χ0v) is 16.7. The van der Waals surface area contributed by atoms with Crippen LogP contribution in [0.5, 0.6) is 5.75 Å². The third-order valence-electron chi connectivity index (χ3n) is 5.88. The van der Waals surface area contributed by atoms with Gasteiger partial charge in [0.2, 0.25) is 0 Å². The summed E-state index contributed by atoms with van der Waals surface area (Å²) < 4.78 is 5.30. The molecule has 0 bridgehead atoms. The number of esters is 1. The van der Waals surface area contributed by atoms with Crippen molar-refractivity contribution in [3.05, 3.63) is 28.3 Å². The minimum atomic E-state index is -0.958. The van der Waals surface area contributed by atoms with Crippen molar-refractivity contribution >= 4 is 23.4 Å². The summed E-state index contributed by atoms with van der Waals surface area (Å²) in [4.78, 5) is 25.7. The lowest BCUT2D eigenvalue weighted by Crippen LogP contribution is -2.41. The molecule has 0 saturated heterocycles. The molecule has 0 amide bonds. The highest BCUT2D eigenvalue weighted by Crippen LogP contribution is 2.52. The highest BCUT2D eigenvalue weighted by atomic mass is 35.5. The van der Waals surface area contributed by atoms with Crippen molar-refractivity contribution in [2.75, 3.05) is 12.5 Å². The third-order valence-corrected chi connectivity index (χ3v) is 6.25. The fourth-order valence-corrected chi connectivity index (χ4v) is 4.99. The number of ketones is 1. The lowest BCUT2D eigenvalue weighted by atomic mass is 9.62. The van der Waals surface area contributed by atoms with Gasteiger partial charge in [0.1, 0.15) is 5.75 Å². The molecule has 0 unspecified atom stereocenters. The normalized spacial score (nSPS) is 26.8. The summed E-state index contributed by atoms with van der Waals surface area (Å²) in [7, 11) is 0. The van der Waals surface area contributed by atoms with Crippen LogP contribution in [0.2, 0.25) is 0 Å². The van der Waals surface area contributed by atoms with Crippen LogP contribution in [0.25, 0.3) is 0 Å². The van der Waals surface area contributed by atoms with Gasteiger partial charge >= 0.3 is 5.97 Å². The summed E-state index contributed by atoms with van der Waals surface area (Å²) in [5, 5.41) is 10.9. The van der Waals surface area contributed by atoms with Crippen LogP contribution in [-0.2, 0) is 21.4 Å². The number of benzene rings is 1. The number of hydrogen-bond acceptors (Lipinski definition) is 4. The summed E-state index contributed by atoms with van der Waals surface area (Å²) in [5.74, 6) is 0.122. The number of halogens is 1. The first-order valence-corrected chi connectivity index (χ1v) is 9.83. The van der Waals surface area contributed by atoms with Crippen LogP contribution in [-0.4, -0.2) is 29.3 Å². The maximum Gasteiger partial charge on any atom is 0.316 e. The first kappa shape index (κ1) is 19.2. The van der Waals surface area contributed by atoms with E-state index in [1.807, 2.05) is 0 Å². The van der Waals surface area contributed by atoms with Crippen molar-refractivity contribution in [1.29, 1.82) is 0 Å². The summed E-state index contributed by atoms with van der Waals surface area (Å²) >= 11 is 6.23. The zero-order chi connectivity index (χ0) is 19.3. The number of alkyl halides is 1. The summed E-state index contributed by atoms with van der Waals surface area (Å²) in [5.41, 5.74) is 1.77. The fraction of sp³-hybridized carbons (Fsp3) is 0.619. The topological polar surface area (TPSA) is 63.6 Å². The average Bonchev–Trinajstić information content (AvgIpc) is 2.53. The van der Waals surface area contributed by atoms with Crippen molar-refractivity contribution in [2.45, 2.75) is 64.7 Å². The number of rotatable bonds is 3. The molecule has 0 radical (unpaired) electrons. The standard InChI is InChI=1S/C21H27ClO4/c1-5-26-19(25)21(4)7-6-12(11-22)17-16-13(8-14(23)18(17)21)9-20(2,3)10-15(16)24/h8,12,23H,5-7,9-11H2,1-4H3/t12-,21-/m1/s1. The number of carbonyl (C=O) groups excluding carboxylic acids is 2. The second-order valence-corrected chi connectivity index (χ2v) is 8.91. The van der Waals surface area contributed by atoms with E-state index in [4.69, 9.17) is 16.3 Å². The Bertz CT molecular complexity index is 768. The predicted octanol–water partition coefficient (Wildman–Crippen LogP) is 4.48. The minimum absolute atomic E-state index is 0.0415. The van der Waals surface area contributed by atoms with E-state index in [1.54, 1.807) is 19.9 Å². The van der Waals surface area contributed by atoms with E-state index in [2.05, 4.69) is 13.8 Å². The quantitative estimate of drug-likeness (QED) is 0.622. The van der Waals surface area contributed by atoms with Crippen molar-refractivity contribution < 1.29 is 19.4 Å². The SMILES string of the molecule is CCOC(=O)[C@]1(C)CC[C@H](CCl)c2c3c(cc(O)c21)CC(C)(C)CC3=O. The molecule has 26 heavy (non-hydrogen) atoms. The lowest BCUT2D eigenvalue weighted by molar-refractivity contribution is -0.150. The van der Waals surface area contributed by atoms with Gasteiger partial charge in [0, 0.05) is 23.4 Å². The van der Waals surface area contributed by atoms with Gasteiger partial charge < -0.3 is 9.84 Å². The molecular weight excluding hydrogens is 352 g/mol. The number of carbonyl (C=O) groups is 2. The molecule has 142 valence electrons. The first-order valence-electron chi connectivity index (χ1n) is 9.30. The maximum atomic E-state index is 13.0. The predicted molar refractivity (Wildman–Crippen MR) is 101 cm³/mol. The molecule has 0 heterocycles. The van der Waals surface area contributed by atoms with Crippen LogP contribution >= 0.6 is 11.6 Å². The van der Waals surface area contributed by atoms with Gasteiger partial charge in [-0.05, 0) is 61.6 Å². The first-order chi connectivity index (χ1) is 12.1. The second-order valence-electron chi connectivity index (χ2n) is 8.60. The molecule has 0 saturated carbocycles. The molecule has 2 atom stereocenters. The van der Waals surface area contributed by atoms with Gasteiger partial charge in [0.15, 0.2) is 5.78 Å². The van der Waals surface area contributed by atoms with Crippen LogP contribution in [0.4, 0.5) is 0 Å². The van der Waals surface area contributed by atoms with Gasteiger partial charge in [-0.1, -0.05) is 13.8 Å². The average molecular weight is 379 g/mol. The number of hydrogen-bond donors (Lipinski definition) is 1. The molecule has 1 aromatic carbocycles. The molecule has 2 aliphatic rings. The van der Waals surface area contributed by atoms with Crippen molar-refractivity contribution in [3.8, 4) is 5.75 Å². The Hall–Kier alpha value is -1.55. The molecule has 5 heteroatoms. The van der Waals surface area contributed by atoms with Crippen molar-refractivity contribution in [2.24, 2.45) is 5.41 Å². The zero-order valence-electron chi connectivity index (χ0n) is 15.9. The number of phenolic OH excluding ortho intramolecular Hbond substituents is 1. The number of Topliss-reactive ketones (excluding diaryl/α,β-unsaturated/α-hetero) is 1. The Morgan fingerprint density at radius 3 is 2.65 bits per heavy atom. The molecule has 1 N–H and O–H groups in total. The van der Waals surface area contributed by atoms with Crippen molar-refractivity contribution in [3.63, 3.8) is 0 Å². The van der Waals surface area contributed by atoms with E-state index in [0.29, 0.717) is 36.3 Å².